The number of thiophene rings is 1. The molecule has 108 valence electrons. The van der Waals surface area contributed by atoms with Crippen LogP contribution in [0.3, 0.4) is 0 Å². The second-order valence-corrected chi connectivity index (χ2v) is 7.53. The Morgan fingerprint density at radius 2 is 2.25 bits per heavy atom. The summed E-state index contributed by atoms with van der Waals surface area (Å²) >= 11 is 7.26. The van der Waals surface area contributed by atoms with Crippen molar-refractivity contribution >= 4 is 55.4 Å². The summed E-state index contributed by atoms with van der Waals surface area (Å²) < 4.78 is 12.2. The highest BCUT2D eigenvalue weighted by molar-refractivity contribution is 7.84. The van der Waals surface area contributed by atoms with Crippen LogP contribution in [-0.4, -0.2) is 28.2 Å². The highest BCUT2D eigenvalue weighted by Gasteiger charge is 2.16. The molecule has 7 heteroatoms. The van der Waals surface area contributed by atoms with Crippen molar-refractivity contribution in [3.8, 4) is 0 Å². The maximum atomic E-state index is 12.1. The van der Waals surface area contributed by atoms with E-state index >= 15 is 0 Å². The number of nitrogen functional groups attached to an aromatic ring is 1. The van der Waals surface area contributed by atoms with E-state index in [0.29, 0.717) is 33.6 Å². The van der Waals surface area contributed by atoms with Gasteiger partial charge >= 0.3 is 0 Å². The molecule has 0 fully saturated rings. The predicted octanol–water partition coefficient (Wildman–Crippen LogP) is 2.64. The Kier molecular flexibility index (Phi) is 5.01. The number of anilines is 1. The summed E-state index contributed by atoms with van der Waals surface area (Å²) in [4.78, 5) is 12.6. The van der Waals surface area contributed by atoms with E-state index in [1.165, 1.54) is 11.3 Å². The summed E-state index contributed by atoms with van der Waals surface area (Å²) in [6.45, 7) is 2.24. The molecule has 1 unspecified atom stereocenters. The average Bonchev–Trinajstić information content (AvgIpc) is 2.75. The number of benzene rings is 1. The molecule has 0 aliphatic carbocycles. The van der Waals surface area contributed by atoms with E-state index < -0.39 is 10.8 Å². The first-order chi connectivity index (χ1) is 9.52. The average molecular weight is 331 g/mol. The van der Waals surface area contributed by atoms with Crippen LogP contribution >= 0.6 is 22.9 Å². The molecule has 0 saturated carbocycles. The van der Waals surface area contributed by atoms with Crippen LogP contribution in [0.2, 0.25) is 5.02 Å². The molecule has 0 radical (unpaired) electrons. The van der Waals surface area contributed by atoms with Gasteiger partial charge in [0.15, 0.2) is 0 Å². The number of nitrogens with one attached hydrogen (secondary N) is 1. The third kappa shape index (κ3) is 3.31. The van der Waals surface area contributed by atoms with Gasteiger partial charge in [-0.25, -0.2) is 0 Å². The highest BCUT2D eigenvalue weighted by atomic mass is 35.5. The number of fused-ring (bicyclic) bond motifs is 1. The minimum absolute atomic E-state index is 0.229. The fraction of sp³-hybridized carbons (Fsp3) is 0.308. The smallest absolute Gasteiger partial charge is 0.263 e. The zero-order chi connectivity index (χ0) is 14.7. The number of rotatable bonds is 5. The molecular formula is C13H15ClN2O2S2. The first-order valence-electron chi connectivity index (χ1n) is 6.13. The van der Waals surface area contributed by atoms with Gasteiger partial charge < -0.3 is 11.1 Å². The standard InChI is InChI=1S/C13H15ClN2O2S2/c1-2-20(18)6-5-16-13(17)12-11(15)9-7-8(14)3-4-10(9)19-12/h3-4,7H,2,5-6,15H2,1H3,(H,16,17). The largest absolute Gasteiger partial charge is 0.397 e. The summed E-state index contributed by atoms with van der Waals surface area (Å²) in [5.41, 5.74) is 6.44. The topological polar surface area (TPSA) is 72.2 Å². The van der Waals surface area contributed by atoms with Crippen LogP contribution in [0.25, 0.3) is 10.1 Å². The molecule has 2 aromatic rings. The van der Waals surface area contributed by atoms with Gasteiger partial charge in [0.05, 0.1) is 5.69 Å². The van der Waals surface area contributed by atoms with Crippen molar-refractivity contribution in [3.05, 3.63) is 28.1 Å². The molecule has 3 N–H and O–H groups in total. The van der Waals surface area contributed by atoms with Gasteiger partial charge in [0.1, 0.15) is 4.88 Å². The normalized spacial score (nSPS) is 12.5. The molecule has 0 saturated heterocycles. The van der Waals surface area contributed by atoms with Crippen molar-refractivity contribution in [2.45, 2.75) is 6.92 Å². The second-order valence-electron chi connectivity index (χ2n) is 4.17. The number of carbonyl (C=O) groups excluding carboxylic acids is 1. The molecule has 0 aliphatic heterocycles. The summed E-state index contributed by atoms with van der Waals surface area (Å²) in [5.74, 6) is 0.825. The Labute approximate surface area is 128 Å². The van der Waals surface area contributed by atoms with Gasteiger partial charge in [-0.3, -0.25) is 9.00 Å². The summed E-state index contributed by atoms with van der Waals surface area (Å²) in [6, 6.07) is 5.37. The summed E-state index contributed by atoms with van der Waals surface area (Å²) in [6.07, 6.45) is 0. The van der Waals surface area contributed by atoms with Gasteiger partial charge in [0, 0.05) is 44.0 Å². The fourth-order valence-corrected chi connectivity index (χ4v) is 3.57. The van der Waals surface area contributed by atoms with Crippen molar-refractivity contribution < 1.29 is 9.00 Å². The zero-order valence-electron chi connectivity index (χ0n) is 10.9. The third-order valence-electron chi connectivity index (χ3n) is 2.83. The Bertz CT molecular complexity index is 670. The van der Waals surface area contributed by atoms with E-state index in [2.05, 4.69) is 5.32 Å². The molecule has 0 spiro atoms. The minimum Gasteiger partial charge on any atom is -0.397 e. The summed E-state index contributed by atoms with van der Waals surface area (Å²) in [5, 5.41) is 4.13. The highest BCUT2D eigenvalue weighted by Crippen LogP contribution is 2.35. The van der Waals surface area contributed by atoms with Crippen LogP contribution in [-0.2, 0) is 10.8 Å². The van der Waals surface area contributed by atoms with Gasteiger partial charge in [-0.15, -0.1) is 11.3 Å². The third-order valence-corrected chi connectivity index (χ3v) is 5.56. The monoisotopic (exact) mass is 330 g/mol. The second kappa shape index (κ2) is 6.56. The molecule has 1 heterocycles. The van der Waals surface area contributed by atoms with Crippen LogP contribution in [0.4, 0.5) is 5.69 Å². The molecule has 1 amide bonds. The van der Waals surface area contributed by atoms with E-state index in [-0.39, 0.29) is 5.91 Å². The van der Waals surface area contributed by atoms with E-state index in [1.54, 1.807) is 12.1 Å². The lowest BCUT2D eigenvalue weighted by Crippen LogP contribution is -2.27. The SMILES string of the molecule is CCS(=O)CCNC(=O)c1sc2ccc(Cl)cc2c1N. The maximum Gasteiger partial charge on any atom is 0.263 e. The number of hydrogen-bond donors (Lipinski definition) is 2. The Morgan fingerprint density at radius 1 is 1.50 bits per heavy atom. The Balaban J connectivity index is 2.14. The van der Waals surface area contributed by atoms with Crippen molar-refractivity contribution in [1.29, 1.82) is 0 Å². The molecule has 1 aromatic heterocycles. The Morgan fingerprint density at radius 3 is 2.95 bits per heavy atom. The number of halogens is 1. The predicted molar refractivity (Wildman–Crippen MR) is 87.1 cm³/mol. The van der Waals surface area contributed by atoms with E-state index in [1.807, 2.05) is 13.0 Å². The van der Waals surface area contributed by atoms with Crippen LogP contribution < -0.4 is 11.1 Å². The molecule has 0 aliphatic rings. The quantitative estimate of drug-likeness (QED) is 0.885. The van der Waals surface area contributed by atoms with Crippen molar-refractivity contribution in [3.63, 3.8) is 0 Å². The van der Waals surface area contributed by atoms with E-state index in [0.717, 1.165) is 10.1 Å². The fourth-order valence-electron chi connectivity index (χ4n) is 1.76. The maximum absolute atomic E-state index is 12.1. The van der Waals surface area contributed by atoms with Crippen molar-refractivity contribution in [2.75, 3.05) is 23.8 Å². The molecule has 2 rings (SSSR count). The first kappa shape index (κ1) is 15.3. The lowest BCUT2D eigenvalue weighted by Gasteiger charge is -2.03. The number of carbonyl (C=O) groups is 1. The lowest BCUT2D eigenvalue weighted by molar-refractivity contribution is 0.0961. The molecule has 1 atom stereocenters. The zero-order valence-corrected chi connectivity index (χ0v) is 13.3. The van der Waals surface area contributed by atoms with Crippen molar-refractivity contribution in [1.82, 2.24) is 5.32 Å². The molecular weight excluding hydrogens is 316 g/mol. The van der Waals surface area contributed by atoms with E-state index in [4.69, 9.17) is 17.3 Å². The van der Waals surface area contributed by atoms with Crippen LogP contribution in [0.15, 0.2) is 18.2 Å². The van der Waals surface area contributed by atoms with Gasteiger partial charge in [-0.05, 0) is 18.2 Å². The van der Waals surface area contributed by atoms with Crippen molar-refractivity contribution in [2.24, 2.45) is 0 Å². The minimum atomic E-state index is -0.883. The summed E-state index contributed by atoms with van der Waals surface area (Å²) in [7, 11) is -0.883. The van der Waals surface area contributed by atoms with Gasteiger partial charge in [0.2, 0.25) is 0 Å². The number of hydrogen-bond acceptors (Lipinski definition) is 4. The Hall–Kier alpha value is -1.11. The van der Waals surface area contributed by atoms with Crippen LogP contribution in [0.1, 0.15) is 16.6 Å². The lowest BCUT2D eigenvalue weighted by atomic mass is 10.2. The first-order valence-corrected chi connectivity index (χ1v) is 8.82. The van der Waals surface area contributed by atoms with Crippen LogP contribution in [0.5, 0.6) is 0 Å². The number of amides is 1. The van der Waals surface area contributed by atoms with Gasteiger partial charge in [-0.1, -0.05) is 18.5 Å². The molecule has 0 bridgehead atoms. The van der Waals surface area contributed by atoms with Crippen LogP contribution in [0, 0.1) is 0 Å². The number of nitrogens with two attached hydrogens (primary N) is 1. The van der Waals surface area contributed by atoms with Gasteiger partial charge in [-0.2, -0.15) is 0 Å². The molecule has 4 nitrogen and oxygen atoms in total. The molecule has 1 aromatic carbocycles. The van der Waals surface area contributed by atoms with Gasteiger partial charge in [0.25, 0.3) is 5.91 Å². The molecule has 20 heavy (non-hydrogen) atoms. The van der Waals surface area contributed by atoms with E-state index in [9.17, 15) is 9.00 Å².